The predicted octanol–water partition coefficient (Wildman–Crippen LogP) is 1.19. The molecule has 0 saturated heterocycles. The van der Waals surface area contributed by atoms with E-state index in [1.165, 1.54) is 0 Å². The van der Waals surface area contributed by atoms with Gasteiger partial charge in [-0.05, 0) is 12.1 Å². The quantitative estimate of drug-likeness (QED) is 0.530. The molecular formula is C11H11N5O2. The Labute approximate surface area is 102 Å². The largest absolute Gasteiger partial charge is 0.467 e. The van der Waals surface area contributed by atoms with Crippen molar-refractivity contribution in [1.29, 1.82) is 0 Å². The second-order valence-electron chi connectivity index (χ2n) is 3.60. The van der Waals surface area contributed by atoms with Crippen molar-refractivity contribution in [3.05, 3.63) is 42.7 Å². The number of hydrogen-bond acceptors (Lipinski definition) is 6. The third-order valence-corrected chi connectivity index (χ3v) is 2.42. The van der Waals surface area contributed by atoms with Gasteiger partial charge in [-0.3, -0.25) is 4.40 Å². The number of rotatable bonds is 4. The lowest BCUT2D eigenvalue weighted by atomic mass is 10.5. The van der Waals surface area contributed by atoms with Crippen LogP contribution in [0.1, 0.15) is 5.76 Å². The van der Waals surface area contributed by atoms with E-state index in [0.29, 0.717) is 23.1 Å². The van der Waals surface area contributed by atoms with Crippen LogP contribution in [0, 0.1) is 0 Å². The summed E-state index contributed by atoms with van der Waals surface area (Å²) < 4.78 is 12.5. The van der Waals surface area contributed by atoms with Crippen molar-refractivity contribution in [3.63, 3.8) is 0 Å². The molecule has 3 aromatic rings. The Kier molecular flexibility index (Phi) is 2.58. The van der Waals surface area contributed by atoms with Crippen LogP contribution in [0.15, 0.2) is 41.4 Å². The maximum atomic E-state index is 5.58. The van der Waals surface area contributed by atoms with E-state index in [2.05, 4.69) is 15.4 Å². The maximum absolute atomic E-state index is 5.58. The van der Waals surface area contributed by atoms with Gasteiger partial charge < -0.3 is 14.6 Å². The number of nitrogens with two attached hydrogens (primary N) is 1. The van der Waals surface area contributed by atoms with Crippen molar-refractivity contribution >= 4 is 11.5 Å². The number of hydrazine groups is 1. The van der Waals surface area contributed by atoms with Crippen LogP contribution in [-0.4, -0.2) is 14.4 Å². The first-order chi connectivity index (χ1) is 8.86. The molecule has 3 heterocycles. The molecule has 0 amide bonds. The molecule has 7 heteroatoms. The standard InChI is InChI=1S/C11H11N5O2/c12-15-9-6-16-4-3-13-10(16)11(14-9)18-7-8-2-1-5-17-8/h1-6,15H,7,12H2. The summed E-state index contributed by atoms with van der Waals surface area (Å²) in [6, 6.07) is 3.63. The van der Waals surface area contributed by atoms with Crippen LogP contribution in [0.5, 0.6) is 5.88 Å². The molecule has 0 spiro atoms. The highest BCUT2D eigenvalue weighted by Crippen LogP contribution is 2.19. The van der Waals surface area contributed by atoms with Crippen molar-refractivity contribution in [1.82, 2.24) is 14.4 Å². The molecule has 0 aliphatic carbocycles. The number of anilines is 1. The number of fused-ring (bicyclic) bond motifs is 1. The summed E-state index contributed by atoms with van der Waals surface area (Å²) in [7, 11) is 0. The van der Waals surface area contributed by atoms with E-state index in [0.717, 1.165) is 0 Å². The molecule has 0 atom stereocenters. The number of hydrogen-bond donors (Lipinski definition) is 2. The van der Waals surface area contributed by atoms with Gasteiger partial charge in [-0.2, -0.15) is 4.98 Å². The summed E-state index contributed by atoms with van der Waals surface area (Å²) in [5.74, 6) is 6.95. The molecule has 0 aliphatic rings. The SMILES string of the molecule is NNc1cn2ccnc2c(OCc2ccco2)n1. The lowest BCUT2D eigenvalue weighted by Crippen LogP contribution is -2.10. The lowest BCUT2D eigenvalue weighted by Gasteiger charge is -2.07. The van der Waals surface area contributed by atoms with Gasteiger partial charge in [-0.1, -0.05) is 0 Å². The average molecular weight is 245 g/mol. The van der Waals surface area contributed by atoms with Crippen LogP contribution < -0.4 is 16.0 Å². The second-order valence-corrected chi connectivity index (χ2v) is 3.60. The summed E-state index contributed by atoms with van der Waals surface area (Å²) in [6.07, 6.45) is 6.77. The number of nitrogen functional groups attached to an aromatic ring is 1. The number of furan rings is 1. The zero-order valence-corrected chi connectivity index (χ0v) is 9.41. The Morgan fingerprint density at radius 3 is 3.22 bits per heavy atom. The van der Waals surface area contributed by atoms with E-state index in [1.807, 2.05) is 6.07 Å². The molecule has 18 heavy (non-hydrogen) atoms. The summed E-state index contributed by atoms with van der Waals surface area (Å²) in [5.41, 5.74) is 3.10. The Morgan fingerprint density at radius 1 is 1.50 bits per heavy atom. The fourth-order valence-electron chi connectivity index (χ4n) is 1.60. The fourth-order valence-corrected chi connectivity index (χ4v) is 1.60. The highest BCUT2D eigenvalue weighted by atomic mass is 16.5. The normalized spacial score (nSPS) is 10.7. The topological polar surface area (TPSA) is 90.6 Å². The van der Waals surface area contributed by atoms with Gasteiger partial charge in [0.2, 0.25) is 5.65 Å². The molecule has 0 unspecified atom stereocenters. The second kappa shape index (κ2) is 4.38. The van der Waals surface area contributed by atoms with E-state index in [1.54, 1.807) is 35.3 Å². The van der Waals surface area contributed by atoms with E-state index in [9.17, 15) is 0 Å². The van der Waals surface area contributed by atoms with Gasteiger partial charge in [-0.15, -0.1) is 0 Å². The summed E-state index contributed by atoms with van der Waals surface area (Å²) in [5, 5.41) is 0. The van der Waals surface area contributed by atoms with E-state index in [-0.39, 0.29) is 6.61 Å². The third-order valence-electron chi connectivity index (χ3n) is 2.42. The van der Waals surface area contributed by atoms with Crippen LogP contribution in [0.4, 0.5) is 5.82 Å². The van der Waals surface area contributed by atoms with Crippen LogP contribution in [0.3, 0.4) is 0 Å². The van der Waals surface area contributed by atoms with Crippen molar-refractivity contribution in [2.45, 2.75) is 6.61 Å². The molecule has 0 aliphatic heterocycles. The van der Waals surface area contributed by atoms with Gasteiger partial charge in [0.05, 0.1) is 12.5 Å². The lowest BCUT2D eigenvalue weighted by molar-refractivity contribution is 0.262. The van der Waals surface area contributed by atoms with Crippen LogP contribution in [-0.2, 0) is 6.61 Å². The fraction of sp³-hybridized carbons (Fsp3) is 0.0909. The van der Waals surface area contributed by atoms with Gasteiger partial charge >= 0.3 is 0 Å². The minimum atomic E-state index is 0.288. The van der Waals surface area contributed by atoms with Crippen LogP contribution >= 0.6 is 0 Å². The van der Waals surface area contributed by atoms with Gasteiger partial charge in [0.25, 0.3) is 5.88 Å². The number of imidazole rings is 1. The zero-order valence-electron chi connectivity index (χ0n) is 9.41. The van der Waals surface area contributed by atoms with Gasteiger partial charge in [-0.25, -0.2) is 10.8 Å². The van der Waals surface area contributed by atoms with Gasteiger partial charge in [0.15, 0.2) is 5.82 Å². The molecule has 0 saturated carbocycles. The Hall–Kier alpha value is -2.54. The first-order valence-electron chi connectivity index (χ1n) is 5.32. The van der Waals surface area contributed by atoms with Crippen LogP contribution in [0.2, 0.25) is 0 Å². The molecule has 0 radical (unpaired) electrons. The molecule has 0 fully saturated rings. The maximum Gasteiger partial charge on any atom is 0.260 e. The van der Waals surface area contributed by atoms with E-state index in [4.69, 9.17) is 15.0 Å². The molecule has 3 N–H and O–H groups in total. The van der Waals surface area contributed by atoms with Gasteiger partial charge in [0.1, 0.15) is 12.4 Å². The molecule has 0 aromatic carbocycles. The smallest absolute Gasteiger partial charge is 0.260 e. The van der Waals surface area contributed by atoms with Crippen molar-refractivity contribution in [2.24, 2.45) is 5.84 Å². The Balaban J connectivity index is 1.92. The minimum absolute atomic E-state index is 0.288. The number of nitrogens with zero attached hydrogens (tertiary/aromatic N) is 3. The highest BCUT2D eigenvalue weighted by molar-refractivity contribution is 5.53. The first kappa shape index (κ1) is 10.6. The molecule has 0 bridgehead atoms. The third kappa shape index (κ3) is 1.87. The van der Waals surface area contributed by atoms with Gasteiger partial charge in [0, 0.05) is 12.4 Å². The van der Waals surface area contributed by atoms with E-state index < -0.39 is 0 Å². The van der Waals surface area contributed by atoms with Crippen molar-refractivity contribution in [3.8, 4) is 5.88 Å². The number of ether oxygens (including phenoxy) is 1. The molecule has 92 valence electrons. The monoisotopic (exact) mass is 245 g/mol. The summed E-state index contributed by atoms with van der Waals surface area (Å²) in [4.78, 5) is 8.38. The number of nitrogens with one attached hydrogen (secondary N) is 1. The zero-order chi connectivity index (χ0) is 12.4. The highest BCUT2D eigenvalue weighted by Gasteiger charge is 2.09. The number of aromatic nitrogens is 3. The Morgan fingerprint density at radius 2 is 2.44 bits per heavy atom. The molecule has 3 aromatic heterocycles. The Bertz CT molecular complexity index is 647. The van der Waals surface area contributed by atoms with Crippen molar-refractivity contribution < 1.29 is 9.15 Å². The molecule has 3 rings (SSSR count). The molecular weight excluding hydrogens is 234 g/mol. The summed E-state index contributed by atoms with van der Waals surface area (Å²) in [6.45, 7) is 0.288. The van der Waals surface area contributed by atoms with Crippen LogP contribution in [0.25, 0.3) is 5.65 Å². The average Bonchev–Trinajstić information content (AvgIpc) is 3.06. The van der Waals surface area contributed by atoms with E-state index >= 15 is 0 Å². The molecule has 7 nitrogen and oxygen atoms in total. The minimum Gasteiger partial charge on any atom is -0.467 e. The first-order valence-corrected chi connectivity index (χ1v) is 5.32. The summed E-state index contributed by atoms with van der Waals surface area (Å²) >= 11 is 0. The predicted molar refractivity (Wildman–Crippen MR) is 63.8 cm³/mol. The van der Waals surface area contributed by atoms with Crippen molar-refractivity contribution in [2.75, 3.05) is 5.43 Å².